The molecule has 5 rings (SSSR count). The van der Waals surface area contributed by atoms with Crippen molar-refractivity contribution in [3.05, 3.63) is 11.6 Å². The summed E-state index contributed by atoms with van der Waals surface area (Å²) in [6.45, 7) is 15.4. The summed E-state index contributed by atoms with van der Waals surface area (Å²) in [6.07, 6.45) is 9.17. The number of hydrogen-bond donors (Lipinski definition) is 0. The predicted molar refractivity (Wildman–Crippen MR) is 205 cm³/mol. The van der Waals surface area contributed by atoms with Crippen molar-refractivity contribution in [1.82, 2.24) is 9.96 Å². The average molecular weight is 779 g/mol. The van der Waals surface area contributed by atoms with Crippen molar-refractivity contribution in [1.29, 1.82) is 0 Å². The van der Waals surface area contributed by atoms with Gasteiger partial charge in [0.15, 0.2) is 0 Å². The molecule has 312 valence electrons. The third-order valence-electron chi connectivity index (χ3n) is 15.1. The maximum absolute atomic E-state index is 14.0. The van der Waals surface area contributed by atoms with Gasteiger partial charge in [-0.2, -0.15) is 13.2 Å². The van der Waals surface area contributed by atoms with Gasteiger partial charge in [0.2, 0.25) is 5.91 Å². The molecule has 1 saturated heterocycles. The standard InChI is InChI=1S/C44H69F3N2O6/c1-8-31-26-34(55-40(52)18-14-33(50)9-2)27-48(31)39(51)21-24-54-49(41(53)44(45,46)47)32-19-22-42(6)30(25-32)13-15-35-37-17-16-36(29(5)12-10-11-28(3)4)43(37,7)23-20-38(35)42/h13,28-29,31-32,34-38H,8-12,14-27H2,1-7H3. The highest BCUT2D eigenvalue weighted by molar-refractivity contribution is 5.83. The third kappa shape index (κ3) is 9.65. The molecule has 2 amide bonds. The van der Waals surface area contributed by atoms with Gasteiger partial charge in [-0.1, -0.05) is 79.4 Å². The number of alkyl halides is 3. The minimum atomic E-state index is -5.11. The zero-order chi connectivity index (χ0) is 40.3. The molecular formula is C44H69F3N2O6. The fourth-order valence-corrected chi connectivity index (χ4v) is 12.0. The molecule has 8 nitrogen and oxygen atoms in total. The number of ketones is 1. The van der Waals surface area contributed by atoms with E-state index in [1.54, 1.807) is 11.8 Å². The SMILES string of the molecule is CCC(=O)CCC(=O)OC1CC(CC)N(C(=O)CCON(C(=O)C(F)(F)F)C2CCC3(C)C(=CCC4C3CCC3(C)C(C(C)CCCC(C)C)CCC43)C2)C1. The Morgan fingerprint density at radius 1 is 0.964 bits per heavy atom. The summed E-state index contributed by atoms with van der Waals surface area (Å²) in [5, 5.41) is 0.531. The second-order valence-electron chi connectivity index (χ2n) is 18.7. The van der Waals surface area contributed by atoms with Crippen LogP contribution in [0.15, 0.2) is 11.6 Å². The number of allylic oxidation sites excluding steroid dienone is 1. The summed E-state index contributed by atoms with van der Waals surface area (Å²) < 4.78 is 47.6. The highest BCUT2D eigenvalue weighted by atomic mass is 19.4. The summed E-state index contributed by atoms with van der Waals surface area (Å²) in [7, 11) is 0. The maximum Gasteiger partial charge on any atom is 0.473 e. The molecule has 10 atom stereocenters. The number of amides is 2. The molecule has 10 unspecified atom stereocenters. The van der Waals surface area contributed by atoms with Crippen molar-refractivity contribution < 1.29 is 41.9 Å². The second-order valence-corrected chi connectivity index (χ2v) is 18.7. The van der Waals surface area contributed by atoms with Crippen LogP contribution in [0.3, 0.4) is 0 Å². The Bertz CT molecular complexity index is 1420. The maximum atomic E-state index is 14.0. The molecule has 0 spiro atoms. The molecule has 0 bridgehead atoms. The van der Waals surface area contributed by atoms with Gasteiger partial charge in [0.25, 0.3) is 0 Å². The predicted octanol–water partition coefficient (Wildman–Crippen LogP) is 9.79. The van der Waals surface area contributed by atoms with E-state index in [2.05, 4.69) is 40.7 Å². The van der Waals surface area contributed by atoms with E-state index in [0.29, 0.717) is 66.8 Å². The lowest BCUT2D eigenvalue weighted by Crippen LogP contribution is -2.54. The van der Waals surface area contributed by atoms with Crippen molar-refractivity contribution in [3.8, 4) is 0 Å². The number of esters is 1. The number of fused-ring (bicyclic) bond motifs is 5. The lowest BCUT2D eigenvalue weighted by Gasteiger charge is -2.59. The van der Waals surface area contributed by atoms with Crippen molar-refractivity contribution >= 4 is 23.6 Å². The molecule has 11 heteroatoms. The van der Waals surface area contributed by atoms with Gasteiger partial charge in [-0.15, -0.1) is 0 Å². The van der Waals surface area contributed by atoms with E-state index in [9.17, 15) is 32.3 Å². The molecule has 5 aliphatic rings. The van der Waals surface area contributed by atoms with Crippen LogP contribution in [0.25, 0.3) is 0 Å². The fourth-order valence-electron chi connectivity index (χ4n) is 12.0. The first kappa shape index (κ1) is 43.7. The van der Waals surface area contributed by atoms with Gasteiger partial charge in [-0.3, -0.25) is 24.0 Å². The Kier molecular flexibility index (Phi) is 14.3. The molecule has 0 N–H and O–H groups in total. The van der Waals surface area contributed by atoms with E-state index >= 15 is 0 Å². The van der Waals surface area contributed by atoms with Gasteiger partial charge in [-0.05, 0) is 104 Å². The van der Waals surface area contributed by atoms with Crippen LogP contribution in [-0.4, -0.2) is 71.0 Å². The first-order valence-corrected chi connectivity index (χ1v) is 21.7. The summed E-state index contributed by atoms with van der Waals surface area (Å²) in [6, 6.07) is -0.963. The molecular weight excluding hydrogens is 709 g/mol. The van der Waals surface area contributed by atoms with Crippen molar-refractivity contribution in [2.75, 3.05) is 13.2 Å². The van der Waals surface area contributed by atoms with Crippen LogP contribution >= 0.6 is 0 Å². The van der Waals surface area contributed by atoms with Gasteiger partial charge in [0.1, 0.15) is 11.9 Å². The molecule has 0 aromatic carbocycles. The summed E-state index contributed by atoms with van der Waals surface area (Å²) in [5.41, 5.74) is 1.39. The first-order valence-electron chi connectivity index (χ1n) is 21.7. The van der Waals surface area contributed by atoms with E-state index in [-0.39, 0.29) is 55.6 Å². The molecule has 55 heavy (non-hydrogen) atoms. The minimum Gasteiger partial charge on any atom is -0.460 e. The molecule has 1 aliphatic heterocycles. The number of carbonyl (C=O) groups excluding carboxylic acids is 4. The summed E-state index contributed by atoms with van der Waals surface area (Å²) in [4.78, 5) is 57.4. The number of rotatable bonds is 16. The van der Waals surface area contributed by atoms with Gasteiger partial charge in [0.05, 0.1) is 32.0 Å². The Morgan fingerprint density at radius 3 is 2.38 bits per heavy atom. The Morgan fingerprint density at radius 2 is 1.71 bits per heavy atom. The van der Waals surface area contributed by atoms with Gasteiger partial charge in [0, 0.05) is 25.3 Å². The second kappa shape index (κ2) is 18.0. The van der Waals surface area contributed by atoms with E-state index in [4.69, 9.17) is 9.57 Å². The number of Topliss-reactive ketones (excluding diaryl/α,β-unsaturated/α-hetero) is 1. The largest absolute Gasteiger partial charge is 0.473 e. The molecule has 3 saturated carbocycles. The van der Waals surface area contributed by atoms with E-state index in [1.165, 1.54) is 38.5 Å². The molecule has 4 fully saturated rings. The lowest BCUT2D eigenvalue weighted by atomic mass is 9.47. The van der Waals surface area contributed by atoms with E-state index in [0.717, 1.165) is 36.2 Å². The zero-order valence-electron chi connectivity index (χ0n) is 34.7. The molecule has 1 heterocycles. The van der Waals surface area contributed by atoms with Gasteiger partial charge >= 0.3 is 18.1 Å². The number of hydrogen-bond acceptors (Lipinski definition) is 6. The normalized spacial score (nSPS) is 33.7. The minimum absolute atomic E-state index is 0.0121. The van der Waals surface area contributed by atoms with Crippen LogP contribution in [-0.2, 0) is 28.8 Å². The highest BCUT2D eigenvalue weighted by Gasteiger charge is 2.60. The van der Waals surface area contributed by atoms with Crippen LogP contribution in [0.2, 0.25) is 0 Å². The zero-order valence-corrected chi connectivity index (χ0v) is 34.7. The first-order chi connectivity index (χ1) is 25.9. The Hall–Kier alpha value is -2.43. The van der Waals surface area contributed by atoms with Crippen LogP contribution in [0.5, 0.6) is 0 Å². The number of likely N-dealkylation sites (tertiary alicyclic amines) is 1. The molecule has 0 radical (unpaired) electrons. The number of ether oxygens (including phenoxy) is 1. The smallest absolute Gasteiger partial charge is 0.460 e. The van der Waals surface area contributed by atoms with Gasteiger partial charge in [-0.25, -0.2) is 5.06 Å². The van der Waals surface area contributed by atoms with Crippen LogP contribution < -0.4 is 0 Å². The van der Waals surface area contributed by atoms with Gasteiger partial charge < -0.3 is 9.64 Å². The number of hydroxylamine groups is 2. The van der Waals surface area contributed by atoms with Crippen LogP contribution in [0.4, 0.5) is 13.2 Å². The molecule has 4 aliphatic carbocycles. The molecule has 0 aromatic rings. The monoisotopic (exact) mass is 779 g/mol. The van der Waals surface area contributed by atoms with Crippen molar-refractivity contribution in [2.24, 2.45) is 46.3 Å². The average Bonchev–Trinajstić information content (AvgIpc) is 3.71. The topological polar surface area (TPSA) is 93.2 Å². The summed E-state index contributed by atoms with van der Waals surface area (Å²) in [5.74, 6) is 1.07. The fraction of sp³-hybridized carbons (Fsp3) is 0.864. The van der Waals surface area contributed by atoms with Crippen LogP contribution in [0, 0.1) is 46.3 Å². The van der Waals surface area contributed by atoms with E-state index < -0.39 is 30.2 Å². The lowest BCUT2D eigenvalue weighted by molar-refractivity contribution is -0.243. The number of nitrogens with zero attached hydrogens (tertiary/aromatic N) is 2. The van der Waals surface area contributed by atoms with E-state index in [1.807, 2.05) is 6.92 Å². The van der Waals surface area contributed by atoms with Crippen LogP contribution in [0.1, 0.15) is 158 Å². The van der Waals surface area contributed by atoms with Crippen molar-refractivity contribution in [3.63, 3.8) is 0 Å². The third-order valence-corrected chi connectivity index (χ3v) is 15.1. The number of halogens is 3. The van der Waals surface area contributed by atoms with Crippen molar-refractivity contribution in [2.45, 2.75) is 182 Å². The summed E-state index contributed by atoms with van der Waals surface area (Å²) >= 11 is 0. The Labute approximate surface area is 328 Å². The quantitative estimate of drug-likeness (QED) is 0.0881. The molecule has 0 aromatic heterocycles. The number of carbonyl (C=O) groups is 4. The highest BCUT2D eigenvalue weighted by Crippen LogP contribution is 2.67. The Balaban J connectivity index is 1.20.